The van der Waals surface area contributed by atoms with Gasteiger partial charge in [0.2, 0.25) is 0 Å². The number of phenols is 2. The Morgan fingerprint density at radius 1 is 1.44 bits per heavy atom. The van der Waals surface area contributed by atoms with Crippen LogP contribution in [0.25, 0.3) is 0 Å². The van der Waals surface area contributed by atoms with E-state index in [9.17, 15) is 15.0 Å². The molecular formula is C11H16GeO4. The molecule has 1 rings (SSSR count). The zero-order valence-electron chi connectivity index (χ0n) is 9.70. The second-order valence-electron chi connectivity index (χ2n) is 3.69. The zero-order valence-corrected chi connectivity index (χ0v) is 13.9. The monoisotopic (exact) mass is 286 g/mol. The fourth-order valence-electron chi connectivity index (χ4n) is 1.59. The Labute approximate surface area is 102 Å². The van der Waals surface area contributed by atoms with Crippen LogP contribution in [0.4, 0.5) is 0 Å². The molecule has 0 atom stereocenters. The molecule has 0 aliphatic heterocycles. The second kappa shape index (κ2) is 5.25. The Morgan fingerprint density at radius 3 is 2.56 bits per heavy atom. The fraction of sp³-hybridized carbons (Fsp3) is 0.364. The summed E-state index contributed by atoms with van der Waals surface area (Å²) in [6, 6.07) is 1.23. The zero-order chi connectivity index (χ0) is 12.3. The molecule has 2 N–H and O–H groups in total. The number of phenolic OH excluding ortho intramolecular Hbond substituents is 2. The predicted octanol–water partition coefficient (Wildman–Crippen LogP) is -0.0337. The molecule has 0 bridgehead atoms. The minimum atomic E-state index is -0.467. The van der Waals surface area contributed by atoms with Gasteiger partial charge in [0, 0.05) is 0 Å². The van der Waals surface area contributed by atoms with Gasteiger partial charge in [-0.3, -0.25) is 0 Å². The third kappa shape index (κ3) is 2.69. The molecule has 16 heavy (non-hydrogen) atoms. The Bertz CT molecular complexity index is 415. The van der Waals surface area contributed by atoms with E-state index < -0.39 is 5.97 Å². The summed E-state index contributed by atoms with van der Waals surface area (Å²) in [5.41, 5.74) is 0.759. The van der Waals surface area contributed by atoms with E-state index in [1.165, 1.54) is 13.0 Å². The van der Waals surface area contributed by atoms with Gasteiger partial charge in [-0.15, -0.1) is 0 Å². The van der Waals surface area contributed by atoms with E-state index in [1.54, 1.807) is 0 Å². The van der Waals surface area contributed by atoms with Crippen LogP contribution in [0, 0.1) is 0 Å². The van der Waals surface area contributed by atoms with Crippen molar-refractivity contribution in [3.05, 3.63) is 11.6 Å². The molecule has 0 amide bonds. The SMILES string of the molecule is CCCc1[c]([GeH3])c(O)cc(O)c1OC(C)=O. The maximum atomic E-state index is 10.9. The van der Waals surface area contributed by atoms with Gasteiger partial charge < -0.3 is 0 Å². The Balaban J connectivity index is 3.31. The molecule has 4 nitrogen and oxygen atoms in total. The van der Waals surface area contributed by atoms with Crippen molar-refractivity contribution in [3.8, 4) is 17.2 Å². The summed E-state index contributed by atoms with van der Waals surface area (Å²) >= 11 is 0.254. The third-order valence-electron chi connectivity index (χ3n) is 2.36. The van der Waals surface area contributed by atoms with Gasteiger partial charge in [0.1, 0.15) is 0 Å². The first-order valence-electron chi connectivity index (χ1n) is 5.20. The molecule has 0 aromatic heterocycles. The van der Waals surface area contributed by atoms with E-state index in [-0.39, 0.29) is 33.8 Å². The van der Waals surface area contributed by atoms with Crippen molar-refractivity contribution in [1.82, 2.24) is 0 Å². The van der Waals surface area contributed by atoms with Gasteiger partial charge in [-0.05, 0) is 0 Å². The Kier molecular flexibility index (Phi) is 4.23. The van der Waals surface area contributed by atoms with Crippen molar-refractivity contribution < 1.29 is 19.7 Å². The molecule has 0 saturated carbocycles. The summed E-state index contributed by atoms with van der Waals surface area (Å²) in [5, 5.41) is 19.3. The van der Waals surface area contributed by atoms with Crippen LogP contribution in [-0.2, 0) is 11.2 Å². The van der Waals surface area contributed by atoms with E-state index in [1.807, 2.05) is 6.92 Å². The van der Waals surface area contributed by atoms with Gasteiger partial charge in [0.15, 0.2) is 0 Å². The van der Waals surface area contributed by atoms with Crippen LogP contribution in [0.2, 0.25) is 0 Å². The standard InChI is InChI=1S/C11H16GeO4/c1-3-4-7-10(12)8(14)5-9(15)11(7)16-6(2)13/h5,14-15H,3-4H2,1-2,12H3. The van der Waals surface area contributed by atoms with Crippen molar-refractivity contribution in [2.75, 3.05) is 0 Å². The summed E-state index contributed by atoms with van der Waals surface area (Å²) < 4.78 is 5.82. The fourth-order valence-corrected chi connectivity index (χ4v) is 2.90. The number of carbonyl (C=O) groups excluding carboxylic acids is 1. The molecule has 0 unspecified atom stereocenters. The number of esters is 1. The van der Waals surface area contributed by atoms with Crippen molar-refractivity contribution >= 4 is 26.9 Å². The Morgan fingerprint density at radius 2 is 2.06 bits per heavy atom. The van der Waals surface area contributed by atoms with E-state index in [0.717, 1.165) is 16.4 Å². The van der Waals surface area contributed by atoms with E-state index in [4.69, 9.17) is 4.74 Å². The van der Waals surface area contributed by atoms with Crippen LogP contribution in [0.3, 0.4) is 0 Å². The van der Waals surface area contributed by atoms with E-state index in [2.05, 4.69) is 0 Å². The quantitative estimate of drug-likeness (QED) is 0.465. The molecule has 0 fully saturated rings. The van der Waals surface area contributed by atoms with E-state index in [0.29, 0.717) is 6.42 Å². The summed E-state index contributed by atoms with van der Waals surface area (Å²) in [6.45, 7) is 3.28. The van der Waals surface area contributed by atoms with Gasteiger partial charge in [-0.2, -0.15) is 0 Å². The topological polar surface area (TPSA) is 66.8 Å². The molecule has 0 heterocycles. The number of hydrogen-bond donors (Lipinski definition) is 2. The van der Waals surface area contributed by atoms with Crippen molar-refractivity contribution in [2.24, 2.45) is 0 Å². The van der Waals surface area contributed by atoms with Crippen molar-refractivity contribution in [3.63, 3.8) is 0 Å². The third-order valence-corrected chi connectivity index (χ3v) is 4.70. The minimum absolute atomic E-state index is 0.0943. The van der Waals surface area contributed by atoms with Gasteiger partial charge in [-0.25, -0.2) is 0 Å². The summed E-state index contributed by atoms with van der Waals surface area (Å²) in [7, 11) is 0. The number of aromatic hydroxyl groups is 2. The number of rotatable bonds is 3. The summed E-state index contributed by atoms with van der Waals surface area (Å²) in [4.78, 5) is 10.9. The van der Waals surface area contributed by atoms with Gasteiger partial charge in [0.25, 0.3) is 0 Å². The first-order chi connectivity index (χ1) is 7.47. The Hall–Kier alpha value is -1.17. The molecule has 0 aliphatic rings. The first-order valence-corrected chi connectivity index (χ1v) is 7.30. The van der Waals surface area contributed by atoms with Crippen LogP contribution >= 0.6 is 0 Å². The number of benzene rings is 1. The van der Waals surface area contributed by atoms with E-state index >= 15 is 0 Å². The van der Waals surface area contributed by atoms with Crippen LogP contribution < -0.4 is 9.13 Å². The van der Waals surface area contributed by atoms with Gasteiger partial charge >= 0.3 is 102 Å². The van der Waals surface area contributed by atoms with Crippen LogP contribution in [0.5, 0.6) is 17.2 Å². The van der Waals surface area contributed by atoms with Gasteiger partial charge in [-0.1, -0.05) is 0 Å². The van der Waals surface area contributed by atoms with Crippen LogP contribution in [0.15, 0.2) is 6.07 Å². The second-order valence-corrected chi connectivity index (χ2v) is 5.79. The molecule has 5 heteroatoms. The number of hydrogen-bond acceptors (Lipinski definition) is 4. The molecule has 0 aliphatic carbocycles. The molecule has 0 radical (unpaired) electrons. The molecule has 88 valence electrons. The molecular weight excluding hydrogens is 269 g/mol. The predicted molar refractivity (Wildman–Crippen MR) is 64.6 cm³/mol. The van der Waals surface area contributed by atoms with Crippen molar-refractivity contribution in [2.45, 2.75) is 26.7 Å². The summed E-state index contributed by atoms with van der Waals surface area (Å²) in [6.07, 6.45) is 1.54. The average molecular weight is 285 g/mol. The normalized spacial score (nSPS) is 10.4. The number of carbonyl (C=O) groups is 1. The molecule has 1 aromatic carbocycles. The molecule has 0 spiro atoms. The maximum absolute atomic E-state index is 10.9. The van der Waals surface area contributed by atoms with Gasteiger partial charge in [0.05, 0.1) is 0 Å². The molecule has 0 saturated heterocycles. The summed E-state index contributed by atoms with van der Waals surface area (Å²) in [5.74, 6) is -0.346. The van der Waals surface area contributed by atoms with Crippen LogP contribution in [0.1, 0.15) is 25.8 Å². The number of ether oxygens (including phenoxy) is 1. The molecule has 1 aromatic rings. The van der Waals surface area contributed by atoms with Crippen LogP contribution in [-0.4, -0.2) is 32.7 Å². The van der Waals surface area contributed by atoms with Crippen molar-refractivity contribution in [1.29, 1.82) is 0 Å². The first kappa shape index (κ1) is 12.9. The average Bonchev–Trinajstić information content (AvgIpc) is 2.19.